The van der Waals surface area contributed by atoms with Gasteiger partial charge in [0.05, 0.1) is 20.0 Å². The highest BCUT2D eigenvalue weighted by Gasteiger charge is 2.28. The number of amides is 1. The third-order valence-electron chi connectivity index (χ3n) is 6.23. The zero-order valence-electron chi connectivity index (χ0n) is 19.3. The minimum Gasteiger partial charge on any atom is -0.317 e. The molecule has 0 aliphatic carbocycles. The fourth-order valence-corrected chi connectivity index (χ4v) is 6.86. The van der Waals surface area contributed by atoms with Crippen LogP contribution in [0.2, 0.25) is 0 Å². The number of fused-ring (bicyclic) bond motifs is 2. The predicted octanol–water partition coefficient (Wildman–Crippen LogP) is 4.12. The fraction of sp³-hybridized carbons (Fsp3) is 0.200. The van der Waals surface area contributed by atoms with Crippen LogP contribution in [0.5, 0.6) is 0 Å². The van der Waals surface area contributed by atoms with Crippen LogP contribution in [0.25, 0.3) is 10.2 Å². The van der Waals surface area contributed by atoms with Crippen LogP contribution < -0.4 is 4.80 Å². The van der Waals surface area contributed by atoms with Crippen LogP contribution in [0.4, 0.5) is 5.69 Å². The monoisotopic (exact) mass is 522 g/mol. The molecule has 36 heavy (non-hydrogen) atoms. The Labute approximate surface area is 211 Å². The molecule has 0 bridgehead atoms. The normalized spacial score (nSPS) is 14.6. The number of benzene rings is 3. The van der Waals surface area contributed by atoms with E-state index in [4.69, 9.17) is 0 Å². The summed E-state index contributed by atoms with van der Waals surface area (Å²) in [6.45, 7) is 3.14. The van der Waals surface area contributed by atoms with Crippen molar-refractivity contribution >= 4 is 43.2 Å². The van der Waals surface area contributed by atoms with Gasteiger partial charge in [0, 0.05) is 37.3 Å². The zero-order chi connectivity index (χ0) is 25.4. The van der Waals surface area contributed by atoms with E-state index in [0.717, 1.165) is 16.6 Å². The Hall–Kier alpha value is -3.67. The summed E-state index contributed by atoms with van der Waals surface area (Å²) in [5, 5.41) is 11.1. The third kappa shape index (κ3) is 4.36. The van der Waals surface area contributed by atoms with Crippen LogP contribution in [0.1, 0.15) is 28.4 Å². The molecule has 0 spiro atoms. The van der Waals surface area contributed by atoms with Gasteiger partial charge in [0.15, 0.2) is 4.80 Å². The minimum absolute atomic E-state index is 0.0288. The maximum Gasteiger partial charge on any atom is 0.279 e. The molecule has 0 radical (unpaired) electrons. The first-order valence-electron chi connectivity index (χ1n) is 11.3. The van der Waals surface area contributed by atoms with Crippen LogP contribution in [-0.2, 0) is 29.5 Å². The van der Waals surface area contributed by atoms with Gasteiger partial charge in [-0.3, -0.25) is 14.9 Å². The Bertz CT molecular complexity index is 1670. The van der Waals surface area contributed by atoms with Crippen molar-refractivity contribution in [2.75, 3.05) is 6.54 Å². The van der Waals surface area contributed by atoms with Gasteiger partial charge in [-0.2, -0.15) is 9.30 Å². The number of aromatic nitrogens is 1. The number of sulfonamides is 1. The summed E-state index contributed by atoms with van der Waals surface area (Å²) in [6.07, 6.45) is 0.653. The second-order valence-electron chi connectivity index (χ2n) is 8.34. The number of nitro groups is 1. The molecule has 5 rings (SSSR count). The second kappa shape index (κ2) is 9.41. The zero-order valence-corrected chi connectivity index (χ0v) is 21.0. The molecule has 11 heteroatoms. The molecule has 0 saturated carbocycles. The summed E-state index contributed by atoms with van der Waals surface area (Å²) < 4.78 is 30.3. The number of nitrogens with zero attached hydrogens (tertiary/aromatic N) is 4. The Kier molecular flexibility index (Phi) is 6.29. The highest BCUT2D eigenvalue weighted by molar-refractivity contribution is 7.89. The summed E-state index contributed by atoms with van der Waals surface area (Å²) in [5.41, 5.74) is 3.13. The van der Waals surface area contributed by atoms with Crippen molar-refractivity contribution in [1.82, 2.24) is 8.87 Å². The van der Waals surface area contributed by atoms with Gasteiger partial charge < -0.3 is 4.57 Å². The van der Waals surface area contributed by atoms with E-state index in [2.05, 4.69) is 4.99 Å². The van der Waals surface area contributed by atoms with E-state index < -0.39 is 20.9 Å². The fourth-order valence-electron chi connectivity index (χ4n) is 4.31. The van der Waals surface area contributed by atoms with E-state index in [9.17, 15) is 23.3 Å². The molecule has 0 atom stereocenters. The Morgan fingerprint density at radius 2 is 1.81 bits per heavy atom. The largest absolute Gasteiger partial charge is 0.317 e. The molecular formula is C25H22N4O5S2. The van der Waals surface area contributed by atoms with Gasteiger partial charge in [0.25, 0.3) is 11.6 Å². The smallest absolute Gasteiger partial charge is 0.279 e. The van der Waals surface area contributed by atoms with E-state index in [1.165, 1.54) is 52.0 Å². The summed E-state index contributed by atoms with van der Waals surface area (Å²) in [5.74, 6) is -0.519. The standard InChI is InChI=1S/C25H22N4O5S2/c1-2-28-22-12-9-20(29(31)32)15-23(22)35-25(28)26-24(30)18-7-10-21(11-8-18)36(33,34)27-14-13-17-5-3-4-6-19(17)16-27/h3-12,15H,2,13-14,16H2,1H3. The SMILES string of the molecule is CCn1c(=NC(=O)c2ccc(S(=O)(=O)N3CCc4ccccc4C3)cc2)sc2cc([N+](=O)[O-])ccc21. The summed E-state index contributed by atoms with van der Waals surface area (Å²) >= 11 is 1.19. The highest BCUT2D eigenvalue weighted by Crippen LogP contribution is 2.26. The molecule has 3 aromatic carbocycles. The van der Waals surface area contributed by atoms with Crippen LogP contribution in [0.3, 0.4) is 0 Å². The second-order valence-corrected chi connectivity index (χ2v) is 11.3. The summed E-state index contributed by atoms with van der Waals surface area (Å²) in [7, 11) is -3.71. The number of hydrogen-bond donors (Lipinski definition) is 0. The first-order valence-corrected chi connectivity index (χ1v) is 13.6. The lowest BCUT2D eigenvalue weighted by Gasteiger charge is -2.28. The Morgan fingerprint density at radius 3 is 2.50 bits per heavy atom. The Balaban J connectivity index is 1.42. The Morgan fingerprint density at radius 1 is 1.08 bits per heavy atom. The van der Waals surface area contributed by atoms with E-state index in [0.29, 0.717) is 35.6 Å². The first-order chi connectivity index (χ1) is 17.3. The molecule has 1 aliphatic heterocycles. The lowest BCUT2D eigenvalue weighted by Crippen LogP contribution is -2.35. The molecule has 1 aromatic heterocycles. The van der Waals surface area contributed by atoms with Crippen molar-refractivity contribution in [3.05, 3.63) is 98.3 Å². The van der Waals surface area contributed by atoms with Crippen molar-refractivity contribution in [2.24, 2.45) is 4.99 Å². The van der Waals surface area contributed by atoms with Gasteiger partial charge in [-0.15, -0.1) is 0 Å². The number of carbonyl (C=O) groups is 1. The van der Waals surface area contributed by atoms with Gasteiger partial charge in [0.1, 0.15) is 0 Å². The molecule has 4 aromatic rings. The molecule has 0 N–H and O–H groups in total. The van der Waals surface area contributed by atoms with E-state index in [1.54, 1.807) is 6.07 Å². The number of aryl methyl sites for hydroxylation is 1. The van der Waals surface area contributed by atoms with Gasteiger partial charge in [-0.05, 0) is 54.8 Å². The van der Waals surface area contributed by atoms with Crippen LogP contribution in [0.15, 0.2) is 76.6 Å². The molecule has 0 fully saturated rings. The van der Waals surface area contributed by atoms with Crippen molar-refractivity contribution in [3.8, 4) is 0 Å². The average molecular weight is 523 g/mol. The quantitative estimate of drug-likeness (QED) is 0.289. The highest BCUT2D eigenvalue weighted by atomic mass is 32.2. The van der Waals surface area contributed by atoms with Gasteiger partial charge in [-0.25, -0.2) is 8.42 Å². The number of hydrogen-bond acceptors (Lipinski definition) is 6. The first kappa shape index (κ1) is 24.0. The van der Waals surface area contributed by atoms with Crippen LogP contribution in [-0.4, -0.2) is 34.7 Å². The van der Waals surface area contributed by atoms with Gasteiger partial charge in [-0.1, -0.05) is 35.6 Å². The molecule has 9 nitrogen and oxygen atoms in total. The topological polar surface area (TPSA) is 115 Å². The molecule has 184 valence electrons. The molecule has 0 unspecified atom stereocenters. The van der Waals surface area contributed by atoms with Crippen molar-refractivity contribution in [2.45, 2.75) is 31.3 Å². The van der Waals surface area contributed by atoms with E-state index in [-0.39, 0.29) is 16.1 Å². The number of rotatable bonds is 5. The molecule has 1 amide bonds. The lowest BCUT2D eigenvalue weighted by atomic mass is 10.0. The molecule has 0 saturated heterocycles. The maximum atomic E-state index is 13.2. The molecule has 2 heterocycles. The number of nitro benzene ring substituents is 1. The number of carbonyl (C=O) groups excluding carboxylic acids is 1. The van der Waals surface area contributed by atoms with Gasteiger partial charge >= 0.3 is 0 Å². The number of thiazole rings is 1. The van der Waals surface area contributed by atoms with Crippen molar-refractivity contribution < 1.29 is 18.1 Å². The van der Waals surface area contributed by atoms with Crippen molar-refractivity contribution in [3.63, 3.8) is 0 Å². The summed E-state index contributed by atoms with van der Waals surface area (Å²) in [4.78, 5) is 28.3. The minimum atomic E-state index is -3.71. The lowest BCUT2D eigenvalue weighted by molar-refractivity contribution is -0.384. The predicted molar refractivity (Wildman–Crippen MR) is 136 cm³/mol. The average Bonchev–Trinajstić information content (AvgIpc) is 3.24. The number of non-ortho nitro benzene ring substituents is 1. The molecular weight excluding hydrogens is 500 g/mol. The van der Waals surface area contributed by atoms with E-state index >= 15 is 0 Å². The van der Waals surface area contributed by atoms with Gasteiger partial charge in [0.2, 0.25) is 10.0 Å². The molecule has 1 aliphatic rings. The van der Waals surface area contributed by atoms with Crippen LogP contribution >= 0.6 is 11.3 Å². The maximum absolute atomic E-state index is 13.2. The van der Waals surface area contributed by atoms with E-state index in [1.807, 2.05) is 35.8 Å². The third-order valence-corrected chi connectivity index (χ3v) is 9.13. The van der Waals surface area contributed by atoms with Crippen molar-refractivity contribution in [1.29, 1.82) is 0 Å². The summed E-state index contributed by atoms with van der Waals surface area (Å²) in [6, 6.07) is 18.1. The van der Waals surface area contributed by atoms with Crippen LogP contribution in [0, 0.1) is 10.1 Å².